The summed E-state index contributed by atoms with van der Waals surface area (Å²) in [6.07, 6.45) is 2.25. The lowest BCUT2D eigenvalue weighted by atomic mass is 10.1. The van der Waals surface area contributed by atoms with Crippen molar-refractivity contribution in [1.82, 2.24) is 9.21 Å². The first-order valence-corrected chi connectivity index (χ1v) is 9.22. The smallest absolute Gasteiger partial charge is 0.245 e. The van der Waals surface area contributed by atoms with E-state index < -0.39 is 16.1 Å². The van der Waals surface area contributed by atoms with Crippen molar-refractivity contribution >= 4 is 27.5 Å². The SMILES string of the molecule is CCCCC1C(=O)N(C)CCN1S(=O)(=O)c1ccccc1Cl. The van der Waals surface area contributed by atoms with Crippen molar-refractivity contribution in [2.45, 2.75) is 37.1 Å². The monoisotopic (exact) mass is 344 g/mol. The first-order valence-electron chi connectivity index (χ1n) is 7.41. The van der Waals surface area contributed by atoms with E-state index in [9.17, 15) is 13.2 Å². The van der Waals surface area contributed by atoms with Crippen molar-refractivity contribution in [2.75, 3.05) is 20.1 Å². The molecule has 1 fully saturated rings. The molecular weight excluding hydrogens is 324 g/mol. The summed E-state index contributed by atoms with van der Waals surface area (Å²) in [5.74, 6) is -0.143. The predicted octanol–water partition coefficient (Wildman–Crippen LogP) is 2.36. The van der Waals surface area contributed by atoms with E-state index >= 15 is 0 Å². The maximum absolute atomic E-state index is 12.9. The highest BCUT2D eigenvalue weighted by Gasteiger charge is 2.40. The van der Waals surface area contributed by atoms with Gasteiger partial charge in [-0.15, -0.1) is 0 Å². The third kappa shape index (κ3) is 3.29. The van der Waals surface area contributed by atoms with E-state index in [4.69, 9.17) is 11.6 Å². The van der Waals surface area contributed by atoms with Gasteiger partial charge in [-0.05, 0) is 18.6 Å². The lowest BCUT2D eigenvalue weighted by Gasteiger charge is -2.38. The predicted molar refractivity (Wildman–Crippen MR) is 86.3 cm³/mol. The highest BCUT2D eigenvalue weighted by Crippen LogP contribution is 2.28. The first-order chi connectivity index (χ1) is 10.4. The molecule has 0 spiro atoms. The fourth-order valence-corrected chi connectivity index (χ4v) is 4.72. The number of likely N-dealkylation sites (N-methyl/N-ethyl adjacent to an activating group) is 1. The zero-order valence-electron chi connectivity index (χ0n) is 12.8. The maximum Gasteiger partial charge on any atom is 0.245 e. The van der Waals surface area contributed by atoms with Gasteiger partial charge in [0.1, 0.15) is 10.9 Å². The molecule has 1 aliphatic heterocycles. The number of carbonyl (C=O) groups excluding carboxylic acids is 1. The average molecular weight is 345 g/mol. The van der Waals surface area contributed by atoms with E-state index in [1.165, 1.54) is 10.4 Å². The van der Waals surface area contributed by atoms with E-state index in [0.717, 1.165) is 12.8 Å². The van der Waals surface area contributed by atoms with Gasteiger partial charge in [-0.25, -0.2) is 8.42 Å². The highest BCUT2D eigenvalue weighted by molar-refractivity contribution is 7.89. The minimum Gasteiger partial charge on any atom is -0.343 e. The summed E-state index contributed by atoms with van der Waals surface area (Å²) in [6, 6.07) is 5.72. The van der Waals surface area contributed by atoms with Crippen LogP contribution in [-0.2, 0) is 14.8 Å². The van der Waals surface area contributed by atoms with Crippen LogP contribution < -0.4 is 0 Å². The second-order valence-electron chi connectivity index (χ2n) is 5.46. The summed E-state index contributed by atoms with van der Waals surface area (Å²) in [5.41, 5.74) is 0. The number of hydrogen-bond acceptors (Lipinski definition) is 3. The van der Waals surface area contributed by atoms with Crippen molar-refractivity contribution in [1.29, 1.82) is 0 Å². The Morgan fingerprint density at radius 3 is 2.59 bits per heavy atom. The summed E-state index contributed by atoms with van der Waals surface area (Å²) in [7, 11) is -2.07. The lowest BCUT2D eigenvalue weighted by molar-refractivity contribution is -0.137. The molecule has 1 aromatic rings. The second kappa shape index (κ2) is 6.98. The summed E-state index contributed by atoms with van der Waals surface area (Å²) in [4.78, 5) is 14.1. The quantitative estimate of drug-likeness (QED) is 0.824. The Balaban J connectivity index is 2.39. The van der Waals surface area contributed by atoms with Crippen molar-refractivity contribution in [2.24, 2.45) is 0 Å². The van der Waals surface area contributed by atoms with Gasteiger partial charge in [-0.2, -0.15) is 4.31 Å². The van der Waals surface area contributed by atoms with Crippen LogP contribution in [0.2, 0.25) is 5.02 Å². The molecule has 0 radical (unpaired) electrons. The van der Waals surface area contributed by atoms with E-state index in [1.807, 2.05) is 6.92 Å². The molecule has 0 aromatic heterocycles. The zero-order chi connectivity index (χ0) is 16.3. The normalized spacial score (nSPS) is 20.4. The Labute approximate surface area is 136 Å². The third-order valence-electron chi connectivity index (χ3n) is 3.92. The number of rotatable bonds is 5. The number of piperazine rings is 1. The average Bonchev–Trinajstić information content (AvgIpc) is 2.48. The van der Waals surface area contributed by atoms with Gasteiger partial charge in [-0.1, -0.05) is 43.5 Å². The number of halogens is 1. The molecule has 1 saturated heterocycles. The van der Waals surface area contributed by atoms with Crippen LogP contribution in [0.3, 0.4) is 0 Å². The summed E-state index contributed by atoms with van der Waals surface area (Å²) >= 11 is 6.04. The van der Waals surface area contributed by atoms with Gasteiger partial charge in [0.25, 0.3) is 0 Å². The Hall–Kier alpha value is -1.11. The van der Waals surface area contributed by atoms with Crippen molar-refractivity contribution in [3.63, 3.8) is 0 Å². The van der Waals surface area contributed by atoms with Gasteiger partial charge < -0.3 is 4.90 Å². The molecule has 2 rings (SSSR count). The molecule has 22 heavy (non-hydrogen) atoms. The number of amides is 1. The number of hydrogen-bond donors (Lipinski definition) is 0. The van der Waals surface area contributed by atoms with Gasteiger partial charge in [-0.3, -0.25) is 4.79 Å². The maximum atomic E-state index is 12.9. The summed E-state index contributed by atoms with van der Waals surface area (Å²) < 4.78 is 27.1. The van der Waals surface area contributed by atoms with E-state index in [2.05, 4.69) is 0 Å². The minimum atomic E-state index is -3.77. The fourth-order valence-electron chi connectivity index (χ4n) is 2.63. The summed E-state index contributed by atoms with van der Waals surface area (Å²) in [6.45, 7) is 2.71. The van der Waals surface area contributed by atoms with Crippen LogP contribution in [0.25, 0.3) is 0 Å². The van der Waals surface area contributed by atoms with Gasteiger partial charge >= 0.3 is 0 Å². The van der Waals surface area contributed by atoms with Crippen LogP contribution in [0.4, 0.5) is 0 Å². The molecule has 1 aliphatic rings. The zero-order valence-corrected chi connectivity index (χ0v) is 14.4. The molecular formula is C15H21ClN2O3S. The van der Waals surface area contributed by atoms with Crippen LogP contribution in [0.1, 0.15) is 26.2 Å². The molecule has 0 saturated carbocycles. The Kier molecular flexibility index (Phi) is 5.47. The number of carbonyl (C=O) groups is 1. The molecule has 5 nitrogen and oxygen atoms in total. The molecule has 1 atom stereocenters. The van der Waals surface area contributed by atoms with Crippen molar-refractivity contribution < 1.29 is 13.2 Å². The highest BCUT2D eigenvalue weighted by atomic mass is 35.5. The molecule has 1 amide bonds. The van der Waals surface area contributed by atoms with E-state index in [1.54, 1.807) is 30.1 Å². The Morgan fingerprint density at radius 2 is 1.95 bits per heavy atom. The van der Waals surface area contributed by atoms with E-state index in [0.29, 0.717) is 19.5 Å². The number of nitrogens with zero attached hydrogens (tertiary/aromatic N) is 2. The molecule has 0 N–H and O–H groups in total. The van der Waals surface area contributed by atoms with Crippen molar-refractivity contribution in [3.05, 3.63) is 29.3 Å². The number of benzene rings is 1. The Bertz CT molecular complexity index is 648. The van der Waals surface area contributed by atoms with Gasteiger partial charge in [0, 0.05) is 20.1 Å². The molecule has 7 heteroatoms. The van der Waals surface area contributed by atoms with Gasteiger partial charge in [0.15, 0.2) is 0 Å². The standard InChI is InChI=1S/C15H21ClN2O3S/c1-3-4-8-13-15(19)17(2)10-11-18(13)22(20,21)14-9-6-5-7-12(14)16/h5-7,9,13H,3-4,8,10-11H2,1-2H3. The Morgan fingerprint density at radius 1 is 1.27 bits per heavy atom. The fraction of sp³-hybridized carbons (Fsp3) is 0.533. The van der Waals surface area contributed by atoms with Crippen LogP contribution in [0.15, 0.2) is 29.2 Å². The van der Waals surface area contributed by atoms with Crippen LogP contribution >= 0.6 is 11.6 Å². The van der Waals surface area contributed by atoms with Crippen molar-refractivity contribution in [3.8, 4) is 0 Å². The molecule has 1 unspecified atom stereocenters. The van der Waals surface area contributed by atoms with Gasteiger partial charge in [0.05, 0.1) is 5.02 Å². The molecule has 0 bridgehead atoms. The molecule has 1 aromatic carbocycles. The first kappa shape index (κ1) is 17.2. The topological polar surface area (TPSA) is 57.7 Å². The van der Waals surface area contributed by atoms with Crippen LogP contribution in [-0.4, -0.2) is 49.7 Å². The lowest BCUT2D eigenvalue weighted by Crippen LogP contribution is -2.57. The van der Waals surface area contributed by atoms with Gasteiger partial charge in [0.2, 0.25) is 15.9 Å². The second-order valence-corrected chi connectivity index (χ2v) is 7.73. The number of sulfonamides is 1. The minimum absolute atomic E-state index is 0.0653. The summed E-state index contributed by atoms with van der Waals surface area (Å²) in [5, 5.41) is 0.183. The third-order valence-corrected chi connectivity index (χ3v) is 6.33. The molecule has 122 valence electrons. The van der Waals surface area contributed by atoms with E-state index in [-0.39, 0.29) is 15.8 Å². The molecule has 0 aliphatic carbocycles. The van der Waals surface area contributed by atoms with Crippen LogP contribution in [0.5, 0.6) is 0 Å². The molecule has 1 heterocycles. The van der Waals surface area contributed by atoms with Crippen LogP contribution in [0, 0.1) is 0 Å². The largest absolute Gasteiger partial charge is 0.343 e. The number of unbranched alkanes of at least 4 members (excludes halogenated alkanes) is 1.